The number of nitrogens with zero attached hydrogens (tertiary/aromatic N) is 4. The molecule has 0 amide bonds. The smallest absolute Gasteiger partial charge is 0.210 e. The monoisotopic (exact) mass is 258 g/mol. The van der Waals surface area contributed by atoms with Crippen LogP contribution in [0.15, 0.2) is 17.3 Å². The molecule has 5 heteroatoms. The summed E-state index contributed by atoms with van der Waals surface area (Å²) in [6.07, 6.45) is 1.96. The van der Waals surface area contributed by atoms with Gasteiger partial charge in [-0.25, -0.2) is 4.98 Å². The minimum Gasteiger partial charge on any atom is -0.327 e. The molecule has 0 spiro atoms. The molecular formula is C13H14N4S. The number of aryl methyl sites for hydroxylation is 3. The topological polar surface area (TPSA) is 43.6 Å². The molecule has 1 aromatic carbocycles. The van der Waals surface area contributed by atoms with Crippen LogP contribution in [0.2, 0.25) is 0 Å². The van der Waals surface area contributed by atoms with Crippen LogP contribution >= 0.6 is 11.8 Å². The van der Waals surface area contributed by atoms with Crippen LogP contribution in [0.5, 0.6) is 0 Å². The van der Waals surface area contributed by atoms with Gasteiger partial charge in [-0.3, -0.25) is 0 Å². The maximum absolute atomic E-state index is 4.55. The van der Waals surface area contributed by atoms with Gasteiger partial charge in [-0.2, -0.15) is 0 Å². The molecule has 0 N–H and O–H groups in total. The van der Waals surface area contributed by atoms with Gasteiger partial charge in [-0.05, 0) is 31.7 Å². The summed E-state index contributed by atoms with van der Waals surface area (Å²) in [6, 6.07) is 4.34. The average molecular weight is 258 g/mol. The second-order valence-electron chi connectivity index (χ2n) is 4.51. The summed E-state index contributed by atoms with van der Waals surface area (Å²) in [6.45, 7) is 4.22. The summed E-state index contributed by atoms with van der Waals surface area (Å²) in [5.74, 6) is 0. The van der Waals surface area contributed by atoms with E-state index in [4.69, 9.17) is 0 Å². The SMILES string of the molecule is CSc1nnc2c3cc(C)cc(C)c3n(C)c2n1. The minimum absolute atomic E-state index is 0.711. The van der Waals surface area contributed by atoms with E-state index in [9.17, 15) is 0 Å². The molecule has 0 radical (unpaired) electrons. The number of hydrogen-bond acceptors (Lipinski definition) is 4. The van der Waals surface area contributed by atoms with Crippen molar-refractivity contribution in [3.05, 3.63) is 23.3 Å². The molecule has 0 bridgehead atoms. The molecule has 0 aliphatic heterocycles. The zero-order valence-electron chi connectivity index (χ0n) is 10.9. The van der Waals surface area contributed by atoms with Crippen LogP contribution in [0.3, 0.4) is 0 Å². The predicted octanol–water partition coefficient (Wildman–Crippen LogP) is 2.86. The molecule has 18 heavy (non-hydrogen) atoms. The van der Waals surface area contributed by atoms with Gasteiger partial charge in [-0.15, -0.1) is 10.2 Å². The van der Waals surface area contributed by atoms with Gasteiger partial charge >= 0.3 is 0 Å². The third-order valence-corrected chi connectivity index (χ3v) is 3.72. The van der Waals surface area contributed by atoms with Crippen molar-refractivity contribution < 1.29 is 0 Å². The van der Waals surface area contributed by atoms with E-state index in [1.165, 1.54) is 28.4 Å². The molecule has 2 heterocycles. The van der Waals surface area contributed by atoms with Gasteiger partial charge in [0.25, 0.3) is 0 Å². The lowest BCUT2D eigenvalue weighted by Gasteiger charge is -2.02. The third-order valence-electron chi connectivity index (χ3n) is 3.18. The number of fused-ring (bicyclic) bond motifs is 3. The van der Waals surface area contributed by atoms with E-state index < -0.39 is 0 Å². The molecule has 2 aromatic heterocycles. The van der Waals surface area contributed by atoms with Gasteiger partial charge in [-0.1, -0.05) is 23.4 Å². The standard InChI is InChI=1S/C13H14N4S/c1-7-5-8(2)11-9(6-7)10-12(17(11)3)14-13(18-4)16-15-10/h5-6H,1-4H3. The number of hydrogen-bond donors (Lipinski definition) is 0. The molecule has 0 saturated carbocycles. The number of benzene rings is 1. The minimum atomic E-state index is 0.711. The first kappa shape index (κ1) is 11.5. The fourth-order valence-corrected chi connectivity index (χ4v) is 2.79. The Morgan fingerprint density at radius 1 is 1.17 bits per heavy atom. The van der Waals surface area contributed by atoms with Gasteiger partial charge in [0.2, 0.25) is 5.16 Å². The second-order valence-corrected chi connectivity index (χ2v) is 5.28. The van der Waals surface area contributed by atoms with Gasteiger partial charge in [0.05, 0.1) is 5.52 Å². The Labute approximate surface area is 109 Å². The quantitative estimate of drug-likeness (QED) is 0.629. The van der Waals surface area contributed by atoms with Crippen molar-refractivity contribution in [2.24, 2.45) is 7.05 Å². The van der Waals surface area contributed by atoms with Crippen molar-refractivity contribution >= 4 is 33.8 Å². The summed E-state index contributed by atoms with van der Waals surface area (Å²) in [7, 11) is 2.03. The largest absolute Gasteiger partial charge is 0.327 e. The third kappa shape index (κ3) is 1.50. The van der Waals surface area contributed by atoms with E-state index in [-0.39, 0.29) is 0 Å². The number of thioether (sulfide) groups is 1. The molecule has 0 atom stereocenters. The summed E-state index contributed by atoms with van der Waals surface area (Å²) in [5, 5.41) is 10.3. The number of aromatic nitrogens is 4. The predicted molar refractivity (Wildman–Crippen MR) is 75.1 cm³/mol. The van der Waals surface area contributed by atoms with E-state index in [1.54, 1.807) is 0 Å². The highest BCUT2D eigenvalue weighted by atomic mass is 32.2. The highest BCUT2D eigenvalue weighted by Crippen LogP contribution is 2.29. The Morgan fingerprint density at radius 2 is 1.94 bits per heavy atom. The van der Waals surface area contributed by atoms with Crippen molar-refractivity contribution in [3.63, 3.8) is 0 Å². The van der Waals surface area contributed by atoms with E-state index in [2.05, 4.69) is 45.7 Å². The van der Waals surface area contributed by atoms with Crippen molar-refractivity contribution in [2.45, 2.75) is 19.0 Å². The molecule has 0 aliphatic carbocycles. The molecule has 3 aromatic rings. The summed E-state index contributed by atoms with van der Waals surface area (Å²) in [5.41, 5.74) is 5.46. The van der Waals surface area contributed by atoms with Crippen LogP contribution in [-0.2, 0) is 7.05 Å². The van der Waals surface area contributed by atoms with Crippen LogP contribution in [-0.4, -0.2) is 26.0 Å². The second kappa shape index (κ2) is 3.95. The average Bonchev–Trinajstić information content (AvgIpc) is 2.62. The Kier molecular flexibility index (Phi) is 2.52. The van der Waals surface area contributed by atoms with Crippen molar-refractivity contribution in [3.8, 4) is 0 Å². The number of rotatable bonds is 1. The lowest BCUT2D eigenvalue weighted by atomic mass is 10.1. The molecule has 0 unspecified atom stereocenters. The van der Waals surface area contributed by atoms with Crippen LogP contribution in [0.1, 0.15) is 11.1 Å². The van der Waals surface area contributed by atoms with Gasteiger partial charge in [0.15, 0.2) is 5.65 Å². The first-order valence-electron chi connectivity index (χ1n) is 5.76. The van der Waals surface area contributed by atoms with Crippen LogP contribution < -0.4 is 0 Å². The zero-order chi connectivity index (χ0) is 12.9. The summed E-state index contributed by atoms with van der Waals surface area (Å²) in [4.78, 5) is 4.55. The molecular weight excluding hydrogens is 244 g/mol. The Bertz CT molecular complexity index is 761. The molecule has 3 rings (SSSR count). The highest BCUT2D eigenvalue weighted by molar-refractivity contribution is 7.98. The molecule has 0 saturated heterocycles. The van der Waals surface area contributed by atoms with Crippen LogP contribution in [0.4, 0.5) is 0 Å². The van der Waals surface area contributed by atoms with E-state index in [0.29, 0.717) is 5.16 Å². The van der Waals surface area contributed by atoms with Crippen LogP contribution in [0, 0.1) is 13.8 Å². The lowest BCUT2D eigenvalue weighted by molar-refractivity contribution is 0.856. The lowest BCUT2D eigenvalue weighted by Crippen LogP contribution is -1.95. The molecule has 0 fully saturated rings. The fourth-order valence-electron chi connectivity index (χ4n) is 2.49. The molecule has 92 valence electrons. The fraction of sp³-hybridized carbons (Fsp3) is 0.308. The zero-order valence-corrected chi connectivity index (χ0v) is 11.7. The highest BCUT2D eigenvalue weighted by Gasteiger charge is 2.14. The maximum atomic E-state index is 4.55. The first-order valence-corrected chi connectivity index (χ1v) is 6.98. The van der Waals surface area contributed by atoms with Crippen molar-refractivity contribution in [2.75, 3.05) is 6.26 Å². The van der Waals surface area contributed by atoms with Gasteiger partial charge in [0.1, 0.15) is 5.52 Å². The van der Waals surface area contributed by atoms with Crippen molar-refractivity contribution in [1.29, 1.82) is 0 Å². The molecule has 4 nitrogen and oxygen atoms in total. The van der Waals surface area contributed by atoms with Crippen molar-refractivity contribution in [1.82, 2.24) is 19.7 Å². The first-order chi connectivity index (χ1) is 8.61. The molecule has 0 aliphatic rings. The summed E-state index contributed by atoms with van der Waals surface area (Å²) >= 11 is 1.51. The van der Waals surface area contributed by atoms with E-state index in [1.807, 2.05) is 13.3 Å². The normalized spacial score (nSPS) is 11.6. The summed E-state index contributed by atoms with van der Waals surface area (Å²) < 4.78 is 2.10. The van der Waals surface area contributed by atoms with Crippen LogP contribution in [0.25, 0.3) is 22.1 Å². The van der Waals surface area contributed by atoms with E-state index >= 15 is 0 Å². The Hall–Kier alpha value is -1.62. The Balaban J connectivity index is 2.53. The Morgan fingerprint density at radius 3 is 2.67 bits per heavy atom. The van der Waals surface area contributed by atoms with Gasteiger partial charge < -0.3 is 4.57 Å². The van der Waals surface area contributed by atoms with Gasteiger partial charge in [0, 0.05) is 12.4 Å². The maximum Gasteiger partial charge on any atom is 0.210 e. The van der Waals surface area contributed by atoms with E-state index in [0.717, 1.165) is 16.6 Å².